The molecule has 0 atom stereocenters. The summed E-state index contributed by atoms with van der Waals surface area (Å²) in [7, 11) is 0. The van der Waals surface area contributed by atoms with Crippen LogP contribution in [0.5, 0.6) is 0 Å². The Hall–Kier alpha value is -2.62. The van der Waals surface area contributed by atoms with Gasteiger partial charge in [0.1, 0.15) is 12.3 Å². The highest BCUT2D eigenvalue weighted by Gasteiger charge is 2.12. The number of ether oxygens (including phenoxy) is 1. The standard InChI is InChI=1S/C17H16N2O2/c1-11-7-12(2)14-9-16(19-15(14)8-11)17(20)21-10-13-5-3-4-6-18-13/h3-9,19H,10H2,1-2H3. The fourth-order valence-corrected chi connectivity index (χ4v) is 2.41. The number of esters is 1. The Morgan fingerprint density at radius 3 is 2.86 bits per heavy atom. The van der Waals surface area contributed by atoms with Gasteiger partial charge in [0.05, 0.1) is 5.69 Å². The van der Waals surface area contributed by atoms with Gasteiger partial charge in [-0.3, -0.25) is 4.98 Å². The van der Waals surface area contributed by atoms with Crippen LogP contribution < -0.4 is 0 Å². The minimum Gasteiger partial charge on any atom is -0.455 e. The van der Waals surface area contributed by atoms with Crippen molar-refractivity contribution >= 4 is 16.9 Å². The van der Waals surface area contributed by atoms with Crippen LogP contribution in [0.4, 0.5) is 0 Å². The molecule has 0 amide bonds. The summed E-state index contributed by atoms with van der Waals surface area (Å²) in [6, 6.07) is 11.5. The second-order valence-electron chi connectivity index (χ2n) is 5.12. The van der Waals surface area contributed by atoms with E-state index in [1.54, 1.807) is 6.20 Å². The molecule has 21 heavy (non-hydrogen) atoms. The van der Waals surface area contributed by atoms with Crippen LogP contribution in [0.3, 0.4) is 0 Å². The number of fused-ring (bicyclic) bond motifs is 1. The summed E-state index contributed by atoms with van der Waals surface area (Å²) in [5, 5.41) is 1.05. The molecule has 106 valence electrons. The zero-order chi connectivity index (χ0) is 14.8. The molecule has 4 heteroatoms. The van der Waals surface area contributed by atoms with Crippen LogP contribution in [0, 0.1) is 13.8 Å². The van der Waals surface area contributed by atoms with Crippen LogP contribution in [0.25, 0.3) is 10.9 Å². The van der Waals surface area contributed by atoms with Crippen LogP contribution in [-0.4, -0.2) is 15.9 Å². The van der Waals surface area contributed by atoms with Crippen molar-refractivity contribution in [3.63, 3.8) is 0 Å². The highest BCUT2D eigenvalue weighted by molar-refractivity contribution is 5.96. The number of aromatic amines is 1. The van der Waals surface area contributed by atoms with Crippen molar-refractivity contribution < 1.29 is 9.53 Å². The van der Waals surface area contributed by atoms with Crippen molar-refractivity contribution in [3.8, 4) is 0 Å². The second kappa shape index (κ2) is 5.40. The van der Waals surface area contributed by atoms with Crippen molar-refractivity contribution in [2.45, 2.75) is 20.5 Å². The van der Waals surface area contributed by atoms with Crippen molar-refractivity contribution in [3.05, 3.63) is 65.1 Å². The van der Waals surface area contributed by atoms with E-state index in [9.17, 15) is 4.79 Å². The van der Waals surface area contributed by atoms with Gasteiger partial charge in [-0.25, -0.2) is 4.79 Å². The number of benzene rings is 1. The SMILES string of the molecule is Cc1cc(C)c2cc(C(=O)OCc3ccccn3)[nH]c2c1. The van der Waals surface area contributed by atoms with E-state index < -0.39 is 0 Å². The average molecular weight is 280 g/mol. The number of nitrogens with one attached hydrogen (secondary N) is 1. The molecule has 1 N–H and O–H groups in total. The van der Waals surface area contributed by atoms with Crippen LogP contribution >= 0.6 is 0 Å². The van der Waals surface area contributed by atoms with Crippen molar-refractivity contribution in [1.29, 1.82) is 0 Å². The Balaban J connectivity index is 1.80. The third-order valence-corrected chi connectivity index (χ3v) is 3.39. The second-order valence-corrected chi connectivity index (χ2v) is 5.12. The van der Waals surface area contributed by atoms with E-state index in [1.807, 2.05) is 44.2 Å². The maximum Gasteiger partial charge on any atom is 0.355 e. The molecule has 0 fully saturated rings. The van der Waals surface area contributed by atoms with Gasteiger partial charge in [0.2, 0.25) is 0 Å². The van der Waals surface area contributed by atoms with E-state index in [-0.39, 0.29) is 12.6 Å². The third-order valence-electron chi connectivity index (χ3n) is 3.39. The number of aromatic nitrogens is 2. The number of carbonyl (C=O) groups is 1. The van der Waals surface area contributed by atoms with Crippen molar-refractivity contribution in [1.82, 2.24) is 9.97 Å². The van der Waals surface area contributed by atoms with Gasteiger partial charge in [-0.15, -0.1) is 0 Å². The number of rotatable bonds is 3. The lowest BCUT2D eigenvalue weighted by Crippen LogP contribution is -2.06. The van der Waals surface area contributed by atoms with Gasteiger partial charge in [-0.2, -0.15) is 0 Å². The molecule has 3 rings (SSSR count). The monoisotopic (exact) mass is 280 g/mol. The summed E-state index contributed by atoms with van der Waals surface area (Å²) in [5.74, 6) is -0.367. The van der Waals surface area contributed by atoms with E-state index in [1.165, 1.54) is 0 Å². The lowest BCUT2D eigenvalue weighted by Gasteiger charge is -2.02. The fraction of sp³-hybridized carbons (Fsp3) is 0.176. The van der Waals surface area contributed by atoms with E-state index in [0.717, 1.165) is 27.7 Å². The molecular weight excluding hydrogens is 264 g/mol. The minimum absolute atomic E-state index is 0.174. The van der Waals surface area contributed by atoms with E-state index >= 15 is 0 Å². The molecular formula is C17H16N2O2. The van der Waals surface area contributed by atoms with Gasteiger partial charge in [0.25, 0.3) is 0 Å². The summed E-state index contributed by atoms with van der Waals surface area (Å²) >= 11 is 0. The average Bonchev–Trinajstić information content (AvgIpc) is 2.90. The molecule has 3 aromatic rings. The molecule has 0 saturated carbocycles. The number of nitrogens with zero attached hydrogens (tertiary/aromatic N) is 1. The molecule has 0 bridgehead atoms. The molecule has 0 aliphatic rings. The van der Waals surface area contributed by atoms with Crippen LogP contribution in [-0.2, 0) is 11.3 Å². The number of H-pyrrole nitrogens is 1. The fourth-order valence-electron chi connectivity index (χ4n) is 2.41. The van der Waals surface area contributed by atoms with Crippen molar-refractivity contribution in [2.24, 2.45) is 0 Å². The van der Waals surface area contributed by atoms with E-state index in [0.29, 0.717) is 5.69 Å². The molecule has 0 aliphatic heterocycles. The van der Waals surface area contributed by atoms with Crippen LogP contribution in [0.2, 0.25) is 0 Å². The van der Waals surface area contributed by atoms with Crippen LogP contribution in [0.1, 0.15) is 27.3 Å². The molecule has 0 unspecified atom stereocenters. The number of hydrogen-bond donors (Lipinski definition) is 1. The first kappa shape index (κ1) is 13.4. The van der Waals surface area contributed by atoms with Gasteiger partial charge in [-0.1, -0.05) is 12.1 Å². The molecule has 0 saturated heterocycles. The predicted octanol–water partition coefficient (Wildman–Crippen LogP) is 3.54. The molecule has 0 aliphatic carbocycles. The third kappa shape index (κ3) is 2.79. The van der Waals surface area contributed by atoms with Gasteiger partial charge >= 0.3 is 5.97 Å². The summed E-state index contributed by atoms with van der Waals surface area (Å²) in [6.45, 7) is 4.24. The number of pyridine rings is 1. The first-order valence-electron chi connectivity index (χ1n) is 6.80. The Morgan fingerprint density at radius 1 is 1.24 bits per heavy atom. The molecule has 4 nitrogen and oxygen atoms in total. The molecule has 1 aromatic carbocycles. The maximum absolute atomic E-state index is 12.1. The number of carbonyl (C=O) groups excluding carboxylic acids is 1. The molecule has 0 spiro atoms. The quantitative estimate of drug-likeness (QED) is 0.747. The first-order valence-corrected chi connectivity index (χ1v) is 6.80. The van der Waals surface area contributed by atoms with E-state index in [4.69, 9.17) is 4.74 Å². The summed E-state index contributed by atoms with van der Waals surface area (Å²) in [5.41, 5.74) is 4.46. The smallest absolute Gasteiger partial charge is 0.355 e. The topological polar surface area (TPSA) is 55.0 Å². The lowest BCUT2D eigenvalue weighted by molar-refractivity contribution is 0.0462. The Bertz CT molecular complexity index is 791. The number of aryl methyl sites for hydroxylation is 2. The Morgan fingerprint density at radius 2 is 2.10 bits per heavy atom. The predicted molar refractivity (Wildman–Crippen MR) is 81.1 cm³/mol. The lowest BCUT2D eigenvalue weighted by atomic mass is 10.1. The summed E-state index contributed by atoms with van der Waals surface area (Å²) in [6.07, 6.45) is 1.68. The summed E-state index contributed by atoms with van der Waals surface area (Å²) < 4.78 is 5.28. The van der Waals surface area contributed by atoms with Crippen molar-refractivity contribution in [2.75, 3.05) is 0 Å². The zero-order valence-corrected chi connectivity index (χ0v) is 12.0. The minimum atomic E-state index is -0.367. The molecule has 2 heterocycles. The highest BCUT2D eigenvalue weighted by Crippen LogP contribution is 2.22. The Labute approximate surface area is 122 Å². The van der Waals surface area contributed by atoms with Crippen LogP contribution in [0.15, 0.2) is 42.6 Å². The highest BCUT2D eigenvalue weighted by atomic mass is 16.5. The van der Waals surface area contributed by atoms with E-state index in [2.05, 4.69) is 16.0 Å². The number of hydrogen-bond acceptors (Lipinski definition) is 3. The summed E-state index contributed by atoms with van der Waals surface area (Å²) in [4.78, 5) is 19.3. The van der Waals surface area contributed by atoms with Gasteiger partial charge < -0.3 is 9.72 Å². The van der Waals surface area contributed by atoms with Gasteiger partial charge in [0, 0.05) is 17.1 Å². The maximum atomic E-state index is 12.1. The Kier molecular flexibility index (Phi) is 3.44. The zero-order valence-electron chi connectivity index (χ0n) is 12.0. The first-order chi connectivity index (χ1) is 10.1. The molecule has 0 radical (unpaired) electrons. The van der Waals surface area contributed by atoms with Gasteiger partial charge in [0.15, 0.2) is 0 Å². The largest absolute Gasteiger partial charge is 0.455 e. The van der Waals surface area contributed by atoms with Gasteiger partial charge in [-0.05, 0) is 49.2 Å². The molecule has 2 aromatic heterocycles. The normalized spacial score (nSPS) is 10.8.